The van der Waals surface area contributed by atoms with Crippen molar-refractivity contribution >= 4 is 53.7 Å². The number of nitrogens with zero attached hydrogens (tertiary/aromatic N) is 3. The van der Waals surface area contributed by atoms with E-state index in [2.05, 4.69) is 25.9 Å². The van der Waals surface area contributed by atoms with Crippen molar-refractivity contribution in [1.29, 1.82) is 0 Å². The topological polar surface area (TPSA) is 102 Å². The van der Waals surface area contributed by atoms with E-state index in [4.69, 9.17) is 11.6 Å². The first-order valence-electron chi connectivity index (χ1n) is 8.71. The summed E-state index contributed by atoms with van der Waals surface area (Å²) >= 11 is 5.77. The van der Waals surface area contributed by atoms with E-state index in [1.807, 2.05) is 0 Å². The molecule has 1 aromatic heterocycles. The molecule has 0 fully saturated rings. The number of benzene rings is 2. The highest BCUT2D eigenvalue weighted by molar-refractivity contribution is 6.34. The first-order valence-corrected chi connectivity index (χ1v) is 9.09. The van der Waals surface area contributed by atoms with Gasteiger partial charge >= 0.3 is 0 Å². The van der Waals surface area contributed by atoms with Crippen LogP contribution in [0.1, 0.15) is 26.4 Å². The molecule has 13 heteroatoms. The van der Waals surface area contributed by atoms with Crippen LogP contribution >= 0.6 is 24.0 Å². The predicted molar refractivity (Wildman–Crippen MR) is 113 cm³/mol. The van der Waals surface area contributed by atoms with Gasteiger partial charge in [0.15, 0.2) is 17.5 Å². The largest absolute Gasteiger partial charge is 0.305 e. The highest BCUT2D eigenvalue weighted by Crippen LogP contribution is 2.24. The molecule has 32 heavy (non-hydrogen) atoms. The third-order valence-electron chi connectivity index (χ3n) is 4.28. The number of hydrazine groups is 1. The summed E-state index contributed by atoms with van der Waals surface area (Å²) in [7, 11) is 0. The number of carbonyl (C=O) groups is 2. The number of carbonyl (C=O) groups excluding carboxylic acids is 2. The Morgan fingerprint density at radius 1 is 1.06 bits per heavy atom. The predicted octanol–water partition coefficient (Wildman–Crippen LogP) is 3.97. The second-order valence-corrected chi connectivity index (χ2v) is 6.86. The zero-order chi connectivity index (χ0) is 22.1. The Hall–Kier alpha value is -3.57. The molecule has 2 aromatic carbocycles. The summed E-state index contributed by atoms with van der Waals surface area (Å²) in [6.45, 7) is 0.189. The second kappa shape index (κ2) is 9.28. The van der Waals surface area contributed by atoms with Crippen LogP contribution in [-0.4, -0.2) is 33.4 Å². The van der Waals surface area contributed by atoms with Crippen LogP contribution in [0.15, 0.2) is 41.4 Å². The van der Waals surface area contributed by atoms with Gasteiger partial charge in [0.05, 0.1) is 22.8 Å². The minimum atomic E-state index is -1.23. The summed E-state index contributed by atoms with van der Waals surface area (Å²) in [5, 5.41) is 9.62. The molecule has 4 rings (SSSR count). The molecule has 8 nitrogen and oxygen atoms in total. The van der Waals surface area contributed by atoms with Crippen molar-refractivity contribution in [3.05, 3.63) is 75.7 Å². The van der Waals surface area contributed by atoms with Crippen LogP contribution in [0.3, 0.4) is 0 Å². The number of amides is 2. The minimum Gasteiger partial charge on any atom is -0.305 e. The van der Waals surface area contributed by atoms with Gasteiger partial charge < -0.3 is 5.32 Å². The van der Waals surface area contributed by atoms with E-state index in [-0.39, 0.29) is 41.0 Å². The summed E-state index contributed by atoms with van der Waals surface area (Å²) in [6.07, 6.45) is 1.38. The van der Waals surface area contributed by atoms with Gasteiger partial charge in [-0.3, -0.25) is 25.1 Å². The Kier molecular flexibility index (Phi) is 6.70. The van der Waals surface area contributed by atoms with E-state index >= 15 is 0 Å². The maximum absolute atomic E-state index is 13.4. The molecule has 0 saturated heterocycles. The van der Waals surface area contributed by atoms with E-state index in [1.54, 1.807) is 0 Å². The van der Waals surface area contributed by atoms with Crippen LogP contribution in [0.25, 0.3) is 0 Å². The Labute approximate surface area is 189 Å². The van der Waals surface area contributed by atoms with Gasteiger partial charge in [-0.25, -0.2) is 18.2 Å². The molecule has 166 valence electrons. The van der Waals surface area contributed by atoms with Gasteiger partial charge in [0.25, 0.3) is 11.8 Å². The minimum absolute atomic E-state index is 0. The van der Waals surface area contributed by atoms with Crippen molar-refractivity contribution in [3.63, 3.8) is 0 Å². The van der Waals surface area contributed by atoms with E-state index in [1.165, 1.54) is 35.6 Å². The zero-order valence-corrected chi connectivity index (χ0v) is 17.4. The van der Waals surface area contributed by atoms with Crippen LogP contribution in [0.5, 0.6) is 0 Å². The van der Waals surface area contributed by atoms with Crippen LogP contribution in [-0.2, 0) is 6.54 Å². The first kappa shape index (κ1) is 23.1. The van der Waals surface area contributed by atoms with E-state index in [0.29, 0.717) is 23.4 Å². The van der Waals surface area contributed by atoms with Crippen molar-refractivity contribution < 1.29 is 22.8 Å². The van der Waals surface area contributed by atoms with Gasteiger partial charge in [0.2, 0.25) is 0 Å². The molecule has 2 amide bonds. The highest BCUT2D eigenvalue weighted by Gasteiger charge is 2.19. The van der Waals surface area contributed by atoms with Crippen molar-refractivity contribution in [2.75, 3.05) is 5.32 Å². The van der Waals surface area contributed by atoms with Gasteiger partial charge in [-0.05, 0) is 30.3 Å². The molecule has 0 spiro atoms. The molecule has 0 atom stereocenters. The fraction of sp³-hybridized carbons (Fsp3) is 0.0526. The molecule has 0 saturated carbocycles. The molecule has 1 aliphatic heterocycles. The van der Waals surface area contributed by atoms with Gasteiger partial charge in [0.1, 0.15) is 17.8 Å². The van der Waals surface area contributed by atoms with Gasteiger partial charge in [-0.1, -0.05) is 11.6 Å². The quantitative estimate of drug-likeness (QED) is 0.487. The number of aliphatic imine (C=N–C) groups is 1. The average Bonchev–Trinajstić information content (AvgIpc) is 3.19. The Morgan fingerprint density at radius 3 is 2.59 bits per heavy atom. The van der Waals surface area contributed by atoms with Crippen molar-refractivity contribution in [1.82, 2.24) is 20.6 Å². The standard InChI is InChI=1S/C19H12ClF3N6O2.ClH/c20-12-5-14(23)13(22)4-11(12)18(30)25-17-6-16(26-27-17)19(31)28-29-7-9-3-10(21)1-2-15(9)24-8-29;/h1-6,8H,7H2,(H,28,31)(H2,25,26,27,30);1H. The molecular weight excluding hydrogens is 472 g/mol. The van der Waals surface area contributed by atoms with E-state index in [9.17, 15) is 22.8 Å². The average molecular weight is 485 g/mol. The lowest BCUT2D eigenvalue weighted by atomic mass is 10.1. The molecular formula is C19H13Cl2F3N6O2. The van der Waals surface area contributed by atoms with Crippen LogP contribution < -0.4 is 10.7 Å². The number of aromatic amines is 1. The summed E-state index contributed by atoms with van der Waals surface area (Å²) in [5.41, 5.74) is 3.41. The molecule has 3 N–H and O–H groups in total. The monoisotopic (exact) mass is 484 g/mol. The smallest absolute Gasteiger partial charge is 0.287 e. The van der Waals surface area contributed by atoms with Crippen molar-refractivity contribution in [3.8, 4) is 0 Å². The van der Waals surface area contributed by atoms with E-state index < -0.39 is 29.3 Å². The maximum Gasteiger partial charge on any atom is 0.287 e. The number of aromatic nitrogens is 2. The van der Waals surface area contributed by atoms with Gasteiger partial charge in [0, 0.05) is 11.6 Å². The number of nitrogens with one attached hydrogen (secondary N) is 3. The molecule has 0 bridgehead atoms. The fourth-order valence-electron chi connectivity index (χ4n) is 2.80. The van der Waals surface area contributed by atoms with Gasteiger partial charge in [-0.15, -0.1) is 12.4 Å². The lowest BCUT2D eigenvalue weighted by molar-refractivity contribution is 0.0862. The van der Waals surface area contributed by atoms with Crippen molar-refractivity contribution in [2.45, 2.75) is 6.54 Å². The lowest BCUT2D eigenvalue weighted by Crippen LogP contribution is -2.41. The zero-order valence-electron chi connectivity index (χ0n) is 15.8. The van der Waals surface area contributed by atoms with Crippen LogP contribution in [0.4, 0.5) is 24.7 Å². The summed E-state index contributed by atoms with van der Waals surface area (Å²) in [4.78, 5) is 28.8. The number of fused-ring (bicyclic) bond motifs is 1. The highest BCUT2D eigenvalue weighted by atomic mass is 35.5. The normalized spacial score (nSPS) is 12.1. The molecule has 0 aliphatic carbocycles. The lowest BCUT2D eigenvalue weighted by Gasteiger charge is -2.24. The van der Waals surface area contributed by atoms with Gasteiger partial charge in [-0.2, -0.15) is 5.10 Å². The Balaban J connectivity index is 0.00000289. The third-order valence-corrected chi connectivity index (χ3v) is 4.59. The number of hydrogen-bond acceptors (Lipinski definition) is 5. The second-order valence-electron chi connectivity index (χ2n) is 6.45. The molecule has 3 aromatic rings. The first-order chi connectivity index (χ1) is 14.8. The van der Waals surface area contributed by atoms with Crippen molar-refractivity contribution in [2.24, 2.45) is 4.99 Å². The summed E-state index contributed by atoms with van der Waals surface area (Å²) in [5.74, 6) is -4.34. The summed E-state index contributed by atoms with van der Waals surface area (Å²) < 4.78 is 39.9. The number of hydrogen-bond donors (Lipinski definition) is 3. The molecule has 2 heterocycles. The number of halogens is 5. The Bertz CT molecular complexity index is 1230. The van der Waals surface area contributed by atoms with Crippen LogP contribution in [0.2, 0.25) is 5.02 Å². The maximum atomic E-state index is 13.4. The van der Waals surface area contributed by atoms with E-state index in [0.717, 1.165) is 0 Å². The SMILES string of the molecule is Cl.O=C(NN1C=Nc2ccc(F)cc2C1)c1cc(NC(=O)c2cc(F)c(F)cc2Cl)n[nH]1. The number of H-pyrrole nitrogens is 1. The third kappa shape index (κ3) is 4.84. The molecule has 0 radical (unpaired) electrons. The number of rotatable bonds is 4. The molecule has 0 unspecified atom stereocenters. The fourth-order valence-corrected chi connectivity index (χ4v) is 3.04. The number of anilines is 1. The Morgan fingerprint density at radius 2 is 1.81 bits per heavy atom. The summed E-state index contributed by atoms with van der Waals surface area (Å²) in [6, 6.07) is 6.71. The van der Waals surface area contributed by atoms with Crippen LogP contribution in [0, 0.1) is 17.5 Å². The molecule has 1 aliphatic rings.